The van der Waals surface area contributed by atoms with E-state index in [0.717, 1.165) is 47.3 Å². The summed E-state index contributed by atoms with van der Waals surface area (Å²) in [6.07, 6.45) is 5.31. The van der Waals surface area contributed by atoms with E-state index in [0.29, 0.717) is 28.7 Å². The summed E-state index contributed by atoms with van der Waals surface area (Å²) in [4.78, 5) is 25.9. The van der Waals surface area contributed by atoms with Gasteiger partial charge in [-0.25, -0.2) is 15.0 Å². The van der Waals surface area contributed by atoms with Crippen molar-refractivity contribution in [3.63, 3.8) is 0 Å². The maximum absolute atomic E-state index is 12.4. The van der Waals surface area contributed by atoms with Crippen molar-refractivity contribution >= 4 is 34.6 Å². The van der Waals surface area contributed by atoms with Crippen molar-refractivity contribution in [1.29, 1.82) is 0 Å². The van der Waals surface area contributed by atoms with Crippen molar-refractivity contribution in [3.05, 3.63) is 75.7 Å². The van der Waals surface area contributed by atoms with Crippen molar-refractivity contribution < 1.29 is 23.8 Å². The molecule has 2 N–H and O–H groups in total. The van der Waals surface area contributed by atoms with Gasteiger partial charge in [0, 0.05) is 4.88 Å². The molecule has 0 bridgehead atoms. The number of nitrogens with one attached hydrogen (secondary N) is 2. The van der Waals surface area contributed by atoms with Crippen molar-refractivity contribution in [1.82, 2.24) is 5.43 Å². The van der Waals surface area contributed by atoms with E-state index < -0.39 is 12.0 Å². The van der Waals surface area contributed by atoms with E-state index in [4.69, 9.17) is 14.2 Å². The average Bonchev–Trinajstić information content (AvgIpc) is 3.25. The zero-order valence-electron chi connectivity index (χ0n) is 19.6. The van der Waals surface area contributed by atoms with Gasteiger partial charge in [-0.15, -0.1) is 11.3 Å². The quantitative estimate of drug-likeness (QED) is 0.257. The van der Waals surface area contributed by atoms with Gasteiger partial charge in [0.05, 0.1) is 26.0 Å². The summed E-state index contributed by atoms with van der Waals surface area (Å²) in [5.41, 5.74) is 5.64. The minimum absolute atomic E-state index is 0.423. The number of benzene rings is 2. The highest BCUT2D eigenvalue weighted by Gasteiger charge is 2.26. The minimum atomic E-state index is -0.542. The average molecular weight is 494 g/mol. The van der Waals surface area contributed by atoms with Gasteiger partial charge in [-0.2, -0.15) is 5.10 Å². The van der Waals surface area contributed by atoms with Gasteiger partial charge < -0.3 is 14.2 Å². The van der Waals surface area contributed by atoms with Crippen LogP contribution in [0.15, 0.2) is 53.6 Å². The van der Waals surface area contributed by atoms with E-state index in [1.807, 2.05) is 36.4 Å². The van der Waals surface area contributed by atoms with Crippen LogP contribution >= 0.6 is 11.3 Å². The molecule has 0 radical (unpaired) electrons. The van der Waals surface area contributed by atoms with E-state index in [1.54, 1.807) is 19.2 Å². The Kier molecular flexibility index (Phi) is 7.99. The van der Waals surface area contributed by atoms with E-state index in [2.05, 4.69) is 15.8 Å². The lowest BCUT2D eigenvalue weighted by Crippen LogP contribution is -2.24. The second-order valence-electron chi connectivity index (χ2n) is 7.92. The highest BCUT2D eigenvalue weighted by molar-refractivity contribution is 7.17. The van der Waals surface area contributed by atoms with Crippen LogP contribution in [0.4, 0.5) is 9.80 Å². The van der Waals surface area contributed by atoms with E-state index in [-0.39, 0.29) is 0 Å². The molecule has 3 aromatic rings. The van der Waals surface area contributed by atoms with Crippen LogP contribution in [0.1, 0.15) is 44.8 Å². The highest BCUT2D eigenvalue weighted by atomic mass is 32.1. The number of rotatable bonds is 8. The highest BCUT2D eigenvalue weighted by Crippen LogP contribution is 2.38. The van der Waals surface area contributed by atoms with Crippen LogP contribution < -0.4 is 20.2 Å². The van der Waals surface area contributed by atoms with Crippen molar-refractivity contribution in [3.8, 4) is 11.5 Å². The molecule has 1 aliphatic rings. The van der Waals surface area contributed by atoms with Gasteiger partial charge in [0.1, 0.15) is 11.6 Å². The van der Waals surface area contributed by atoms with Gasteiger partial charge in [-0.1, -0.05) is 30.3 Å². The molecule has 2 amide bonds. The zero-order valence-corrected chi connectivity index (χ0v) is 20.4. The normalized spacial score (nSPS) is 12.6. The summed E-state index contributed by atoms with van der Waals surface area (Å²) in [7, 11) is 2.91. The minimum Gasteiger partial charge on any atom is -0.493 e. The number of anilines is 1. The Labute approximate surface area is 207 Å². The van der Waals surface area contributed by atoms with E-state index >= 15 is 0 Å². The van der Waals surface area contributed by atoms with Crippen molar-refractivity contribution in [2.75, 3.05) is 19.5 Å². The fourth-order valence-electron chi connectivity index (χ4n) is 3.89. The first-order chi connectivity index (χ1) is 17.1. The number of carbonyl (C=O) groups excluding carboxylic acids is 2. The molecular formula is C26H27N3O5S. The molecule has 0 fully saturated rings. The number of esters is 1. The molecule has 0 saturated carbocycles. The molecule has 9 heteroatoms. The molecule has 2 aromatic carbocycles. The van der Waals surface area contributed by atoms with Crippen LogP contribution in [-0.4, -0.2) is 32.4 Å². The molecule has 1 aliphatic carbocycles. The molecule has 0 unspecified atom stereocenters. The van der Waals surface area contributed by atoms with Crippen molar-refractivity contribution in [2.45, 2.75) is 32.3 Å². The van der Waals surface area contributed by atoms with E-state index in [1.165, 1.54) is 24.7 Å². The van der Waals surface area contributed by atoms with Gasteiger partial charge in [0.2, 0.25) is 0 Å². The van der Waals surface area contributed by atoms with Crippen LogP contribution in [-0.2, 0) is 24.2 Å². The van der Waals surface area contributed by atoms with Crippen LogP contribution in [0, 0.1) is 0 Å². The third kappa shape index (κ3) is 5.99. The number of nitrogens with zero attached hydrogens (tertiary/aromatic N) is 1. The number of urea groups is 1. The van der Waals surface area contributed by atoms with Gasteiger partial charge in [-0.05, 0) is 60.6 Å². The Bertz CT molecular complexity index is 1220. The number of amides is 2. The summed E-state index contributed by atoms with van der Waals surface area (Å²) < 4.78 is 16.2. The monoisotopic (exact) mass is 493 g/mol. The number of hydrazone groups is 1. The fourth-order valence-corrected chi connectivity index (χ4v) is 5.16. The van der Waals surface area contributed by atoms with Gasteiger partial charge >= 0.3 is 12.0 Å². The molecule has 1 aromatic heterocycles. The smallest absolute Gasteiger partial charge is 0.341 e. The Morgan fingerprint density at radius 3 is 2.63 bits per heavy atom. The predicted molar refractivity (Wildman–Crippen MR) is 136 cm³/mol. The molecular weight excluding hydrogens is 466 g/mol. The number of carbonyl (C=O) groups is 2. The SMILES string of the molecule is COC(=O)c1c(NC(=O)NN=Cc2ccc(OCc3ccccc3)c(OC)c2)sc2c1CCCC2. The van der Waals surface area contributed by atoms with Gasteiger partial charge in [-0.3, -0.25) is 5.32 Å². The fraction of sp³-hybridized carbons (Fsp3) is 0.269. The van der Waals surface area contributed by atoms with Gasteiger partial charge in [0.25, 0.3) is 0 Å². The summed E-state index contributed by atoms with van der Waals surface area (Å²) in [6, 6.07) is 14.7. The Balaban J connectivity index is 1.38. The zero-order chi connectivity index (χ0) is 24.6. The number of hydrogen-bond acceptors (Lipinski definition) is 7. The number of hydrogen-bond donors (Lipinski definition) is 2. The Hall–Kier alpha value is -3.85. The van der Waals surface area contributed by atoms with E-state index in [9.17, 15) is 9.59 Å². The number of methoxy groups -OCH3 is 2. The maximum atomic E-state index is 12.4. The Morgan fingerprint density at radius 1 is 1.06 bits per heavy atom. The second-order valence-corrected chi connectivity index (χ2v) is 9.02. The number of thiophene rings is 1. The summed E-state index contributed by atoms with van der Waals surface area (Å²) in [5, 5.41) is 7.24. The standard InChI is InChI=1S/C26H27N3O5S/c1-32-21-14-18(12-13-20(21)34-16-17-8-4-3-5-9-17)15-27-29-26(31)28-24-23(25(30)33-2)19-10-6-7-11-22(19)35-24/h3-5,8-9,12-15H,6-7,10-11,16H2,1-2H3,(H2,28,29,31). The second kappa shape index (κ2) is 11.5. The molecule has 0 saturated heterocycles. The molecule has 182 valence electrons. The van der Waals surface area contributed by atoms with Crippen molar-refractivity contribution in [2.24, 2.45) is 5.10 Å². The molecule has 0 aliphatic heterocycles. The molecule has 0 atom stereocenters. The number of aryl methyl sites for hydroxylation is 1. The third-order valence-electron chi connectivity index (χ3n) is 5.59. The van der Waals surface area contributed by atoms with Crippen LogP contribution in [0.3, 0.4) is 0 Å². The first kappa shape index (κ1) is 24.3. The lowest BCUT2D eigenvalue weighted by Gasteiger charge is -2.11. The number of fused-ring (bicyclic) bond motifs is 1. The predicted octanol–water partition coefficient (Wildman–Crippen LogP) is 5.16. The molecule has 35 heavy (non-hydrogen) atoms. The molecule has 0 spiro atoms. The van der Waals surface area contributed by atoms with Crippen LogP contribution in [0.2, 0.25) is 0 Å². The first-order valence-electron chi connectivity index (χ1n) is 11.3. The summed E-state index contributed by atoms with van der Waals surface area (Å²) in [5.74, 6) is 0.724. The molecule has 1 heterocycles. The third-order valence-corrected chi connectivity index (χ3v) is 6.80. The molecule has 8 nitrogen and oxygen atoms in total. The van der Waals surface area contributed by atoms with Gasteiger partial charge in [0.15, 0.2) is 11.5 Å². The lowest BCUT2D eigenvalue weighted by atomic mass is 9.95. The largest absolute Gasteiger partial charge is 0.493 e. The van der Waals surface area contributed by atoms with Crippen LogP contribution in [0.25, 0.3) is 0 Å². The Morgan fingerprint density at radius 2 is 1.86 bits per heavy atom. The van der Waals surface area contributed by atoms with Crippen LogP contribution in [0.5, 0.6) is 11.5 Å². The topological polar surface area (TPSA) is 98.2 Å². The lowest BCUT2D eigenvalue weighted by molar-refractivity contribution is 0.0601. The summed E-state index contributed by atoms with van der Waals surface area (Å²) >= 11 is 1.42. The first-order valence-corrected chi connectivity index (χ1v) is 12.1. The maximum Gasteiger partial charge on any atom is 0.341 e. The molecule has 4 rings (SSSR count). The number of ether oxygens (including phenoxy) is 3. The summed E-state index contributed by atoms with van der Waals surface area (Å²) in [6.45, 7) is 0.423.